The zero-order chi connectivity index (χ0) is 27.4. The lowest BCUT2D eigenvalue weighted by atomic mass is 10.0. The van der Waals surface area contributed by atoms with Gasteiger partial charge in [-0.15, -0.1) is 10.2 Å². The van der Waals surface area contributed by atoms with Crippen molar-refractivity contribution in [3.8, 4) is 23.8 Å². The molecule has 1 amide bonds. The van der Waals surface area contributed by atoms with Gasteiger partial charge < -0.3 is 15.5 Å². The predicted molar refractivity (Wildman–Crippen MR) is 139 cm³/mol. The molecule has 5 aromatic rings. The van der Waals surface area contributed by atoms with Crippen LogP contribution in [0.4, 0.5) is 17.3 Å². The van der Waals surface area contributed by atoms with E-state index in [1.807, 2.05) is 12.1 Å². The maximum absolute atomic E-state index is 13.1. The molecule has 0 spiro atoms. The van der Waals surface area contributed by atoms with Gasteiger partial charge in [-0.05, 0) is 35.2 Å². The first-order valence-corrected chi connectivity index (χ1v) is 11.4. The van der Waals surface area contributed by atoms with Crippen molar-refractivity contribution in [3.05, 3.63) is 95.6 Å². The Morgan fingerprint density at radius 3 is 2.44 bits per heavy atom. The minimum Gasteiger partial charge on any atom is -0.505 e. The summed E-state index contributed by atoms with van der Waals surface area (Å²) < 4.78 is 1.17. The van der Waals surface area contributed by atoms with Gasteiger partial charge in [-0.2, -0.15) is 15.5 Å². The monoisotopic (exact) mass is 515 g/mol. The van der Waals surface area contributed by atoms with Crippen molar-refractivity contribution in [2.45, 2.75) is 6.61 Å². The Bertz CT molecular complexity index is 1820. The zero-order valence-electron chi connectivity index (χ0n) is 20.0. The number of benzene rings is 3. The van der Waals surface area contributed by atoms with E-state index >= 15 is 0 Å². The van der Waals surface area contributed by atoms with Crippen LogP contribution in [0.2, 0.25) is 0 Å². The summed E-state index contributed by atoms with van der Waals surface area (Å²) in [7, 11) is 0. The molecule has 0 saturated heterocycles. The molecule has 188 valence electrons. The molecule has 0 atom stereocenters. The first kappa shape index (κ1) is 24.7. The predicted octanol–water partition coefficient (Wildman–Crippen LogP) is 4.42. The smallest absolute Gasteiger partial charge is 0.259 e. The Kier molecular flexibility index (Phi) is 6.69. The topological polar surface area (TPSA) is 185 Å². The highest BCUT2D eigenvalue weighted by atomic mass is 16.3. The Morgan fingerprint density at radius 1 is 1.00 bits per heavy atom. The lowest BCUT2D eigenvalue weighted by Gasteiger charge is -2.11. The number of imidazole rings is 1. The number of anilines is 1. The molecule has 5 rings (SSSR count). The number of hydrogen-bond acceptors (Lipinski definition) is 10. The quantitative estimate of drug-likeness (QED) is 0.277. The number of carbonyl (C=O) groups excluding carboxylic acids is 1. The number of azo groups is 1. The molecule has 0 radical (unpaired) electrons. The number of fused-ring (bicyclic) bond motifs is 1. The molecule has 3 aromatic carbocycles. The van der Waals surface area contributed by atoms with Gasteiger partial charge in [-0.1, -0.05) is 36.4 Å². The molecule has 0 fully saturated rings. The number of phenols is 1. The molecule has 0 aliphatic heterocycles. The van der Waals surface area contributed by atoms with Gasteiger partial charge in [0.25, 0.3) is 11.9 Å². The molecule has 0 saturated carbocycles. The minimum atomic E-state index is -0.593. The van der Waals surface area contributed by atoms with Crippen LogP contribution in [0.1, 0.15) is 27.3 Å². The number of nitrogens with one attached hydrogen (secondary N) is 1. The fraction of sp³-hybridized carbons (Fsp3) is 0.0370. The first-order chi connectivity index (χ1) is 19.0. The van der Waals surface area contributed by atoms with Crippen LogP contribution in [0.5, 0.6) is 5.75 Å². The highest BCUT2D eigenvalue weighted by Gasteiger charge is 2.22. The second kappa shape index (κ2) is 10.6. The molecule has 12 heteroatoms. The molecule has 0 bridgehead atoms. The van der Waals surface area contributed by atoms with E-state index < -0.39 is 11.7 Å². The summed E-state index contributed by atoms with van der Waals surface area (Å²) in [6, 6.07) is 20.4. The van der Waals surface area contributed by atoms with Crippen LogP contribution in [-0.2, 0) is 6.61 Å². The van der Waals surface area contributed by atoms with E-state index in [0.29, 0.717) is 22.0 Å². The number of phenolic OH excluding ortho intramolecular Hbond substituents is 1. The van der Waals surface area contributed by atoms with Gasteiger partial charge in [0.05, 0.1) is 12.2 Å². The van der Waals surface area contributed by atoms with Crippen LogP contribution >= 0.6 is 0 Å². The van der Waals surface area contributed by atoms with Crippen molar-refractivity contribution in [1.29, 1.82) is 10.5 Å². The third-order valence-electron chi connectivity index (χ3n) is 5.70. The first-order valence-electron chi connectivity index (χ1n) is 11.4. The molecule has 39 heavy (non-hydrogen) atoms. The number of nitriles is 2. The van der Waals surface area contributed by atoms with Crippen molar-refractivity contribution in [3.63, 3.8) is 0 Å². The van der Waals surface area contributed by atoms with E-state index in [1.165, 1.54) is 23.0 Å². The van der Waals surface area contributed by atoms with Crippen molar-refractivity contribution in [2.75, 3.05) is 5.32 Å². The second-order valence-corrected chi connectivity index (χ2v) is 8.07. The highest BCUT2D eigenvalue weighted by molar-refractivity contribution is 6.11. The van der Waals surface area contributed by atoms with E-state index in [1.54, 1.807) is 54.6 Å². The molecule has 0 aliphatic rings. The van der Waals surface area contributed by atoms with Crippen LogP contribution in [0.25, 0.3) is 16.7 Å². The van der Waals surface area contributed by atoms with E-state index in [-0.39, 0.29) is 41.1 Å². The zero-order valence-corrected chi connectivity index (χ0v) is 20.0. The fourth-order valence-electron chi connectivity index (χ4n) is 3.83. The summed E-state index contributed by atoms with van der Waals surface area (Å²) in [5, 5.41) is 51.6. The summed E-state index contributed by atoms with van der Waals surface area (Å²) in [4.78, 5) is 25.4. The number of nitrogens with zero attached hydrogens (tertiary/aromatic N) is 8. The molecular weight excluding hydrogens is 498 g/mol. The summed E-state index contributed by atoms with van der Waals surface area (Å²) in [6.07, 6.45) is 2.91. The number of carbonyl (C=O) groups is 1. The summed E-state index contributed by atoms with van der Waals surface area (Å²) >= 11 is 0. The molecule has 3 N–H and O–H groups in total. The van der Waals surface area contributed by atoms with Gasteiger partial charge in [0, 0.05) is 23.5 Å². The second-order valence-electron chi connectivity index (χ2n) is 8.07. The normalized spacial score (nSPS) is 10.8. The number of aliphatic hydroxyl groups is 1. The molecule has 12 nitrogen and oxygen atoms in total. The third-order valence-corrected chi connectivity index (χ3v) is 5.70. The minimum absolute atomic E-state index is 0.0191. The van der Waals surface area contributed by atoms with Gasteiger partial charge in [0.15, 0.2) is 17.1 Å². The van der Waals surface area contributed by atoms with Crippen LogP contribution < -0.4 is 5.32 Å². The number of aliphatic hydroxyl groups excluding tert-OH is 1. The van der Waals surface area contributed by atoms with E-state index in [9.17, 15) is 25.5 Å². The van der Waals surface area contributed by atoms with E-state index in [2.05, 4.69) is 30.5 Å². The van der Waals surface area contributed by atoms with Crippen LogP contribution in [0.3, 0.4) is 0 Å². The summed E-state index contributed by atoms with van der Waals surface area (Å²) in [5.74, 6) is -1.15. The van der Waals surface area contributed by atoms with Crippen LogP contribution in [-0.4, -0.2) is 35.6 Å². The Hall–Kier alpha value is -5.98. The number of aromatic hydroxyl groups is 1. The highest BCUT2D eigenvalue weighted by Crippen LogP contribution is 2.39. The van der Waals surface area contributed by atoms with Crippen molar-refractivity contribution < 1.29 is 15.0 Å². The number of rotatable bonds is 6. The van der Waals surface area contributed by atoms with Crippen molar-refractivity contribution in [1.82, 2.24) is 19.5 Å². The molecular formula is C27H17N9O3. The summed E-state index contributed by atoms with van der Waals surface area (Å²) in [6.45, 7) is -0.131. The molecule has 2 aromatic heterocycles. The van der Waals surface area contributed by atoms with Gasteiger partial charge in [0.1, 0.15) is 17.8 Å². The lowest BCUT2D eigenvalue weighted by molar-refractivity contribution is 0.102. The van der Waals surface area contributed by atoms with Crippen molar-refractivity contribution in [2.24, 2.45) is 10.2 Å². The largest absolute Gasteiger partial charge is 0.505 e. The summed E-state index contributed by atoms with van der Waals surface area (Å²) in [5.41, 5.74) is 0.738. The average Bonchev–Trinajstić information content (AvgIpc) is 3.34. The van der Waals surface area contributed by atoms with Gasteiger partial charge in [0.2, 0.25) is 5.95 Å². The van der Waals surface area contributed by atoms with Gasteiger partial charge in [-0.3, -0.25) is 4.79 Å². The number of aromatic nitrogens is 4. The van der Waals surface area contributed by atoms with E-state index in [0.717, 1.165) is 0 Å². The SMILES string of the molecule is N#Cc1nc(N=Nc2c(O)c(C(=O)Nc3ccc(CO)cc3)cc3ccccc23)n(-c2ncccn2)c1C#N. The lowest BCUT2D eigenvalue weighted by Crippen LogP contribution is -2.12. The van der Waals surface area contributed by atoms with Crippen LogP contribution in [0, 0.1) is 22.7 Å². The molecule has 0 aliphatic carbocycles. The standard InChI is InChI=1S/C27H17N9O3/c28-13-21-22(14-29)36(26-30-10-3-11-31-26)27(33-21)35-34-23-19-5-2-1-4-17(19)12-20(24(23)38)25(39)32-18-8-6-16(15-37)7-9-18/h1-12,37-38H,15H2,(H,32,39). The Balaban J connectivity index is 1.61. The van der Waals surface area contributed by atoms with Crippen LogP contribution in [0.15, 0.2) is 83.3 Å². The van der Waals surface area contributed by atoms with Crippen molar-refractivity contribution >= 4 is 34.0 Å². The number of amides is 1. The van der Waals surface area contributed by atoms with Gasteiger partial charge >= 0.3 is 0 Å². The Labute approximate surface area is 220 Å². The maximum Gasteiger partial charge on any atom is 0.259 e. The molecule has 2 heterocycles. The molecule has 0 unspecified atom stereocenters. The third kappa shape index (κ3) is 4.74. The Morgan fingerprint density at radius 2 is 1.74 bits per heavy atom. The number of hydrogen-bond donors (Lipinski definition) is 3. The average molecular weight is 515 g/mol. The van der Waals surface area contributed by atoms with Gasteiger partial charge in [-0.25, -0.2) is 14.5 Å². The maximum atomic E-state index is 13.1. The van der Waals surface area contributed by atoms with E-state index in [4.69, 9.17) is 0 Å². The fourth-order valence-corrected chi connectivity index (χ4v) is 3.83.